The summed E-state index contributed by atoms with van der Waals surface area (Å²) in [7, 11) is 1.53. The van der Waals surface area contributed by atoms with Gasteiger partial charge >= 0.3 is 6.18 Å². The van der Waals surface area contributed by atoms with E-state index in [1.54, 1.807) is 0 Å². The first-order valence-electron chi connectivity index (χ1n) is 14.0. The topological polar surface area (TPSA) is 37.5 Å². The summed E-state index contributed by atoms with van der Waals surface area (Å²) in [4.78, 5) is 6.07. The number of rotatable bonds is 5. The normalized spacial score (nSPS) is 18.2. The Kier molecular flexibility index (Phi) is 6.65. The fraction of sp³-hybridized carbons (Fsp3) is 0.235. The molecule has 9 heteroatoms. The van der Waals surface area contributed by atoms with Crippen LogP contribution >= 0.6 is 0 Å². The molecule has 0 spiro atoms. The number of methoxy groups -OCH3 is 1. The van der Waals surface area contributed by atoms with Crippen molar-refractivity contribution < 1.29 is 31.4 Å². The number of nitrogens with zero attached hydrogens (tertiary/aromatic N) is 1. The van der Waals surface area contributed by atoms with Crippen LogP contribution in [0.25, 0.3) is 10.9 Å². The molecule has 2 aliphatic heterocycles. The number of fused-ring (bicyclic) bond motifs is 6. The van der Waals surface area contributed by atoms with Crippen LogP contribution in [-0.4, -0.2) is 23.5 Å². The van der Waals surface area contributed by atoms with Crippen molar-refractivity contribution in [2.45, 2.75) is 37.7 Å². The van der Waals surface area contributed by atoms with Crippen LogP contribution in [-0.2, 0) is 25.6 Å². The Labute approximate surface area is 244 Å². The molecule has 0 radical (unpaired) electrons. The highest BCUT2D eigenvalue weighted by molar-refractivity contribution is 5.85. The second-order valence-electron chi connectivity index (χ2n) is 11.0. The highest BCUT2D eigenvalue weighted by Crippen LogP contribution is 2.49. The average Bonchev–Trinajstić information content (AvgIpc) is 3.36. The predicted molar refractivity (Wildman–Crippen MR) is 152 cm³/mol. The van der Waals surface area contributed by atoms with Gasteiger partial charge in [0.2, 0.25) is 0 Å². The van der Waals surface area contributed by atoms with Crippen molar-refractivity contribution in [3.63, 3.8) is 0 Å². The molecule has 0 aliphatic carbocycles. The van der Waals surface area contributed by atoms with Gasteiger partial charge in [-0.1, -0.05) is 36.4 Å². The predicted octanol–water partition coefficient (Wildman–Crippen LogP) is 8.30. The summed E-state index contributed by atoms with van der Waals surface area (Å²) in [5, 5.41) is 1.14. The van der Waals surface area contributed by atoms with Crippen molar-refractivity contribution in [3.05, 3.63) is 130 Å². The summed E-state index contributed by atoms with van der Waals surface area (Å²) in [5.74, 6) is -0.714. The van der Waals surface area contributed by atoms with Gasteiger partial charge in [-0.3, -0.25) is 4.90 Å². The van der Waals surface area contributed by atoms with Crippen LogP contribution in [0.15, 0.2) is 78.9 Å². The second-order valence-corrected chi connectivity index (χ2v) is 11.0. The highest BCUT2D eigenvalue weighted by atomic mass is 19.4. The summed E-state index contributed by atoms with van der Waals surface area (Å²) >= 11 is 0. The van der Waals surface area contributed by atoms with Gasteiger partial charge in [0.1, 0.15) is 18.2 Å². The van der Waals surface area contributed by atoms with Gasteiger partial charge in [-0.2, -0.15) is 13.2 Å². The van der Waals surface area contributed by atoms with E-state index in [9.17, 15) is 22.0 Å². The molecule has 2 aliphatic rings. The lowest BCUT2D eigenvalue weighted by Gasteiger charge is -2.46. The largest absolute Gasteiger partial charge is 0.493 e. The summed E-state index contributed by atoms with van der Waals surface area (Å²) in [5.41, 5.74) is 5.46. The molecule has 3 heterocycles. The van der Waals surface area contributed by atoms with Gasteiger partial charge in [-0.15, -0.1) is 0 Å². The molecule has 4 aromatic carbocycles. The van der Waals surface area contributed by atoms with Crippen LogP contribution in [0.1, 0.15) is 51.2 Å². The average molecular weight is 591 g/mol. The first-order chi connectivity index (χ1) is 20.7. The van der Waals surface area contributed by atoms with E-state index < -0.39 is 17.6 Å². The number of hydrogen-bond acceptors (Lipinski definition) is 3. The van der Waals surface area contributed by atoms with Crippen molar-refractivity contribution in [2.75, 3.05) is 13.7 Å². The maximum absolute atomic E-state index is 14.2. The summed E-state index contributed by atoms with van der Waals surface area (Å²) in [6, 6.07) is 21.3. The molecular weight excluding hydrogens is 563 g/mol. The van der Waals surface area contributed by atoms with Crippen LogP contribution in [0, 0.1) is 11.6 Å². The molecule has 43 heavy (non-hydrogen) atoms. The smallest absolute Gasteiger partial charge is 0.419 e. The van der Waals surface area contributed by atoms with E-state index in [-0.39, 0.29) is 30.1 Å². The molecule has 5 aromatic rings. The number of nitrogens with one attached hydrogen (secondary N) is 1. The molecule has 1 aromatic heterocycles. The van der Waals surface area contributed by atoms with Gasteiger partial charge in [0.25, 0.3) is 0 Å². The van der Waals surface area contributed by atoms with Gasteiger partial charge in [-0.05, 0) is 83.1 Å². The van der Waals surface area contributed by atoms with Crippen LogP contribution in [0.5, 0.6) is 11.5 Å². The van der Waals surface area contributed by atoms with Crippen molar-refractivity contribution >= 4 is 10.9 Å². The molecule has 2 unspecified atom stereocenters. The Hall–Kier alpha value is -4.37. The van der Waals surface area contributed by atoms with E-state index in [2.05, 4.69) is 22.0 Å². The van der Waals surface area contributed by atoms with Gasteiger partial charge < -0.3 is 14.5 Å². The highest BCUT2D eigenvalue weighted by Gasteiger charge is 2.41. The summed E-state index contributed by atoms with van der Waals surface area (Å²) < 4.78 is 78.9. The molecule has 0 bridgehead atoms. The van der Waals surface area contributed by atoms with E-state index in [0.29, 0.717) is 11.5 Å². The lowest BCUT2D eigenvalue weighted by molar-refractivity contribution is -0.140. The van der Waals surface area contributed by atoms with E-state index in [4.69, 9.17) is 9.47 Å². The maximum atomic E-state index is 14.2. The van der Waals surface area contributed by atoms with Gasteiger partial charge in [0.05, 0.1) is 18.7 Å². The zero-order valence-corrected chi connectivity index (χ0v) is 23.1. The summed E-state index contributed by atoms with van der Waals surface area (Å²) in [6.45, 7) is 0.631. The van der Waals surface area contributed by atoms with Crippen molar-refractivity contribution in [1.82, 2.24) is 9.88 Å². The number of aromatic amines is 1. The first-order valence-corrected chi connectivity index (χ1v) is 14.0. The maximum Gasteiger partial charge on any atom is 0.419 e. The van der Waals surface area contributed by atoms with Crippen molar-refractivity contribution in [1.29, 1.82) is 0 Å². The second kappa shape index (κ2) is 10.4. The standard InChI is InChI=1S/C34H27F5N2O2/c1-42-30-15-21-12-13-41-29(24(21)17-31(30)43-18-19-6-11-26(27(36)14-19)34(37,38)39)16-25-23-4-2-3-5-28(23)40-32(25)33(41)20-7-9-22(35)10-8-20/h2-11,14-15,17,29,33,40H,12-13,16,18H2,1H3. The monoisotopic (exact) mass is 590 g/mol. The molecule has 4 nitrogen and oxygen atoms in total. The van der Waals surface area contributed by atoms with Gasteiger partial charge in [0.15, 0.2) is 11.5 Å². The van der Waals surface area contributed by atoms with E-state index in [1.807, 2.05) is 36.4 Å². The van der Waals surface area contributed by atoms with E-state index in [1.165, 1.54) is 30.9 Å². The Balaban J connectivity index is 1.27. The summed E-state index contributed by atoms with van der Waals surface area (Å²) in [6.07, 6.45) is -3.28. The zero-order valence-electron chi connectivity index (χ0n) is 23.1. The minimum atomic E-state index is -4.77. The molecule has 0 amide bonds. The molecule has 1 N–H and O–H groups in total. The number of benzene rings is 4. The Morgan fingerprint density at radius 1 is 0.930 bits per heavy atom. The minimum Gasteiger partial charge on any atom is -0.493 e. The lowest BCUT2D eigenvalue weighted by atomic mass is 9.80. The number of hydrogen-bond donors (Lipinski definition) is 1. The third-order valence-corrected chi connectivity index (χ3v) is 8.59. The van der Waals surface area contributed by atoms with Crippen LogP contribution in [0.4, 0.5) is 22.0 Å². The number of alkyl halides is 3. The number of H-pyrrole nitrogens is 1. The quantitative estimate of drug-likeness (QED) is 0.209. The first kappa shape index (κ1) is 27.5. The van der Waals surface area contributed by atoms with Gasteiger partial charge in [0, 0.05) is 29.2 Å². The van der Waals surface area contributed by atoms with E-state index >= 15 is 0 Å². The number of halogens is 5. The molecule has 0 fully saturated rings. The third-order valence-electron chi connectivity index (χ3n) is 8.59. The number of ether oxygens (including phenoxy) is 2. The minimum absolute atomic E-state index is 0.0257. The molecule has 220 valence electrons. The Morgan fingerprint density at radius 3 is 2.47 bits per heavy atom. The number of aromatic nitrogens is 1. The Bertz CT molecular complexity index is 1830. The van der Waals surface area contributed by atoms with Gasteiger partial charge in [-0.25, -0.2) is 8.78 Å². The van der Waals surface area contributed by atoms with Crippen LogP contribution in [0.3, 0.4) is 0 Å². The van der Waals surface area contributed by atoms with E-state index in [0.717, 1.165) is 64.8 Å². The molecule has 0 saturated carbocycles. The van der Waals surface area contributed by atoms with Crippen LogP contribution in [0.2, 0.25) is 0 Å². The van der Waals surface area contributed by atoms with Crippen molar-refractivity contribution in [3.8, 4) is 11.5 Å². The number of para-hydroxylation sites is 1. The Morgan fingerprint density at radius 2 is 1.72 bits per heavy atom. The van der Waals surface area contributed by atoms with Crippen molar-refractivity contribution in [2.24, 2.45) is 0 Å². The SMILES string of the molecule is COc1cc2c(cc1OCc1ccc(C(F)(F)F)c(F)c1)C1Cc3c([nH]c4ccccc34)C(c3ccc(F)cc3)N1CC2. The fourth-order valence-electron chi connectivity index (χ4n) is 6.61. The lowest BCUT2D eigenvalue weighted by Crippen LogP contribution is -2.43. The van der Waals surface area contributed by atoms with Crippen LogP contribution < -0.4 is 9.47 Å². The third kappa shape index (κ3) is 4.81. The molecular formula is C34H27F5N2O2. The fourth-order valence-corrected chi connectivity index (χ4v) is 6.61. The zero-order chi connectivity index (χ0) is 29.9. The molecule has 0 saturated heterocycles. The molecule has 2 atom stereocenters. The molecule has 7 rings (SSSR count).